The summed E-state index contributed by atoms with van der Waals surface area (Å²) < 4.78 is 16.2. The smallest absolute Gasteiger partial charge is 0.437 e. The number of guanidine groups is 1. The van der Waals surface area contributed by atoms with Crippen molar-refractivity contribution in [2.45, 2.75) is 77.0 Å². The third-order valence-corrected chi connectivity index (χ3v) is 7.21. The normalized spacial score (nSPS) is 16.3. The molecule has 44 heavy (non-hydrogen) atoms. The van der Waals surface area contributed by atoms with Gasteiger partial charge in [-0.05, 0) is 76.6 Å². The molecule has 3 N–H and O–H groups in total. The van der Waals surface area contributed by atoms with Crippen LogP contribution in [0.3, 0.4) is 0 Å². The van der Waals surface area contributed by atoms with Crippen LogP contribution in [0.1, 0.15) is 71.4 Å². The van der Waals surface area contributed by atoms with Crippen molar-refractivity contribution >= 4 is 30.2 Å². The maximum Gasteiger partial charge on any atom is 0.437 e. The standard InChI is InChI=1S/C32H40N4O8/c1-30(2,3)43-27(39)33-26(34-28(40)44-31(4,5)6)36-17-15-32(16-18-36,25(37)38)35-29(41)42-19-24-22-13-9-7-11-20(22)21-12-8-10-14-23(21)24/h7-14,24H,15-19H2,1-6H3,(H,35,41)(H,37,38)(H,33,34,39,40). The van der Waals surface area contributed by atoms with Crippen molar-refractivity contribution in [1.29, 1.82) is 0 Å². The van der Waals surface area contributed by atoms with Gasteiger partial charge in [0.2, 0.25) is 5.96 Å². The van der Waals surface area contributed by atoms with Gasteiger partial charge in [0.05, 0.1) is 0 Å². The summed E-state index contributed by atoms with van der Waals surface area (Å²) in [7, 11) is 0. The topological polar surface area (TPSA) is 156 Å². The lowest BCUT2D eigenvalue weighted by Crippen LogP contribution is -2.62. The van der Waals surface area contributed by atoms with E-state index in [9.17, 15) is 24.3 Å². The molecule has 4 rings (SSSR count). The van der Waals surface area contributed by atoms with E-state index in [4.69, 9.17) is 14.2 Å². The lowest BCUT2D eigenvalue weighted by Gasteiger charge is -2.40. The largest absolute Gasteiger partial charge is 0.480 e. The fraction of sp³-hybridized carbons (Fsp3) is 0.469. The molecule has 3 amide bonds. The fourth-order valence-corrected chi connectivity index (χ4v) is 5.27. The molecule has 0 saturated carbocycles. The van der Waals surface area contributed by atoms with Crippen LogP contribution in [0.5, 0.6) is 0 Å². The predicted octanol–water partition coefficient (Wildman–Crippen LogP) is 5.26. The molecule has 0 radical (unpaired) electrons. The molecule has 1 fully saturated rings. The third kappa shape index (κ3) is 7.86. The second-order valence-corrected chi connectivity index (χ2v) is 12.9. The van der Waals surface area contributed by atoms with Crippen molar-refractivity contribution in [2.24, 2.45) is 4.99 Å². The molecule has 1 aliphatic carbocycles. The van der Waals surface area contributed by atoms with Gasteiger partial charge in [0.25, 0.3) is 0 Å². The minimum atomic E-state index is -1.64. The first-order valence-electron chi connectivity index (χ1n) is 14.5. The highest BCUT2D eigenvalue weighted by Gasteiger charge is 2.44. The Bertz CT molecular complexity index is 1400. The Balaban J connectivity index is 1.44. The Morgan fingerprint density at radius 3 is 1.89 bits per heavy atom. The zero-order chi connectivity index (χ0) is 32.3. The first-order valence-corrected chi connectivity index (χ1v) is 14.5. The van der Waals surface area contributed by atoms with Crippen LogP contribution < -0.4 is 10.6 Å². The van der Waals surface area contributed by atoms with Gasteiger partial charge in [0.1, 0.15) is 23.3 Å². The van der Waals surface area contributed by atoms with E-state index >= 15 is 0 Å². The Morgan fingerprint density at radius 1 is 0.864 bits per heavy atom. The molecular weight excluding hydrogens is 568 g/mol. The minimum absolute atomic E-state index is 0.0351. The maximum atomic E-state index is 13.0. The Kier molecular flexibility index (Phi) is 9.22. The lowest BCUT2D eigenvalue weighted by molar-refractivity contribution is -0.146. The monoisotopic (exact) mass is 608 g/mol. The average Bonchev–Trinajstić information content (AvgIpc) is 3.23. The first-order chi connectivity index (χ1) is 20.6. The number of piperidine rings is 1. The molecule has 2 aromatic rings. The van der Waals surface area contributed by atoms with Crippen LogP contribution in [0.15, 0.2) is 53.5 Å². The minimum Gasteiger partial charge on any atom is -0.480 e. The van der Waals surface area contributed by atoms with E-state index < -0.39 is 41.0 Å². The van der Waals surface area contributed by atoms with E-state index in [0.717, 1.165) is 22.3 Å². The van der Waals surface area contributed by atoms with Gasteiger partial charge in [0.15, 0.2) is 0 Å². The van der Waals surface area contributed by atoms with Crippen molar-refractivity contribution in [3.8, 4) is 11.1 Å². The summed E-state index contributed by atoms with van der Waals surface area (Å²) in [5, 5.41) is 15.2. The van der Waals surface area contributed by atoms with Gasteiger partial charge in [-0.2, -0.15) is 0 Å². The van der Waals surface area contributed by atoms with Crippen LogP contribution in [0.25, 0.3) is 11.1 Å². The van der Waals surface area contributed by atoms with E-state index in [-0.39, 0.29) is 44.4 Å². The lowest BCUT2D eigenvalue weighted by atomic mass is 9.87. The maximum absolute atomic E-state index is 13.0. The number of amides is 3. The van der Waals surface area contributed by atoms with E-state index in [1.807, 2.05) is 48.5 Å². The zero-order valence-corrected chi connectivity index (χ0v) is 25.9. The molecular formula is C32H40N4O8. The van der Waals surface area contributed by atoms with Gasteiger partial charge in [-0.15, -0.1) is 4.99 Å². The van der Waals surface area contributed by atoms with E-state index in [2.05, 4.69) is 15.6 Å². The van der Waals surface area contributed by atoms with Crippen LogP contribution in [-0.2, 0) is 19.0 Å². The molecule has 0 bridgehead atoms. The highest BCUT2D eigenvalue weighted by molar-refractivity contribution is 5.99. The van der Waals surface area contributed by atoms with Crippen LogP contribution in [0.2, 0.25) is 0 Å². The molecule has 236 valence electrons. The highest BCUT2D eigenvalue weighted by atomic mass is 16.6. The number of benzene rings is 2. The van der Waals surface area contributed by atoms with Crippen molar-refractivity contribution in [3.63, 3.8) is 0 Å². The van der Waals surface area contributed by atoms with Crippen LogP contribution in [0.4, 0.5) is 14.4 Å². The number of alkyl carbamates (subject to hydrolysis) is 2. The van der Waals surface area contributed by atoms with Gasteiger partial charge >= 0.3 is 24.2 Å². The Labute approximate surface area is 256 Å². The predicted molar refractivity (Wildman–Crippen MR) is 162 cm³/mol. The second kappa shape index (κ2) is 12.6. The van der Waals surface area contributed by atoms with Gasteiger partial charge < -0.3 is 29.5 Å². The second-order valence-electron chi connectivity index (χ2n) is 12.9. The molecule has 1 saturated heterocycles. The number of likely N-dealkylation sites (tertiary alicyclic amines) is 1. The van der Waals surface area contributed by atoms with Crippen LogP contribution >= 0.6 is 0 Å². The van der Waals surface area contributed by atoms with Gasteiger partial charge in [-0.25, -0.2) is 19.2 Å². The Morgan fingerprint density at radius 2 is 1.39 bits per heavy atom. The van der Waals surface area contributed by atoms with Crippen molar-refractivity contribution in [1.82, 2.24) is 15.5 Å². The number of aliphatic imine (C=N–C) groups is 1. The molecule has 0 aromatic heterocycles. The van der Waals surface area contributed by atoms with Gasteiger partial charge in [0, 0.05) is 19.0 Å². The summed E-state index contributed by atoms with van der Waals surface area (Å²) in [4.78, 5) is 56.0. The molecule has 12 nitrogen and oxygen atoms in total. The van der Waals surface area contributed by atoms with Gasteiger partial charge in [-0.3, -0.25) is 5.32 Å². The SMILES string of the molecule is CC(C)(C)OC(=O)/N=C(/NC(=O)OC(C)(C)C)N1CCC(NC(=O)OCC2c3ccccc3-c3ccccc32)(C(=O)O)CC1. The molecule has 2 aliphatic rings. The number of hydrogen-bond donors (Lipinski definition) is 3. The number of carboxylic acid groups (broad SMARTS) is 1. The van der Waals surface area contributed by atoms with Crippen LogP contribution in [-0.4, -0.2) is 76.7 Å². The van der Waals surface area contributed by atoms with E-state index in [1.165, 1.54) is 4.90 Å². The highest BCUT2D eigenvalue weighted by Crippen LogP contribution is 2.44. The van der Waals surface area contributed by atoms with Gasteiger partial charge in [-0.1, -0.05) is 48.5 Å². The molecule has 0 spiro atoms. The fourth-order valence-electron chi connectivity index (χ4n) is 5.27. The van der Waals surface area contributed by atoms with E-state index in [0.29, 0.717) is 0 Å². The summed E-state index contributed by atoms with van der Waals surface area (Å²) in [6.07, 6.45) is -2.74. The summed E-state index contributed by atoms with van der Waals surface area (Å²) in [6.45, 7) is 10.2. The molecule has 1 aliphatic heterocycles. The molecule has 1 heterocycles. The quantitative estimate of drug-likeness (QED) is 0.239. The van der Waals surface area contributed by atoms with Crippen molar-refractivity contribution in [2.75, 3.05) is 19.7 Å². The number of hydrogen-bond acceptors (Lipinski definition) is 7. The average molecular weight is 609 g/mol. The summed E-state index contributed by atoms with van der Waals surface area (Å²) in [5.41, 5.74) is 0.959. The number of fused-ring (bicyclic) bond motifs is 3. The molecule has 12 heteroatoms. The van der Waals surface area contributed by atoms with Crippen molar-refractivity contribution < 1.29 is 38.5 Å². The molecule has 2 aromatic carbocycles. The molecule has 0 atom stereocenters. The number of ether oxygens (including phenoxy) is 3. The van der Waals surface area contributed by atoms with Crippen molar-refractivity contribution in [3.05, 3.63) is 59.7 Å². The number of carbonyl (C=O) groups is 4. The third-order valence-electron chi connectivity index (χ3n) is 7.21. The summed E-state index contributed by atoms with van der Waals surface area (Å²) >= 11 is 0. The number of aliphatic carboxylic acids is 1. The van der Waals surface area contributed by atoms with Crippen LogP contribution in [0, 0.1) is 0 Å². The van der Waals surface area contributed by atoms with E-state index in [1.54, 1.807) is 41.5 Å². The summed E-state index contributed by atoms with van der Waals surface area (Å²) in [6, 6.07) is 15.8. The summed E-state index contributed by atoms with van der Waals surface area (Å²) in [5.74, 6) is -1.55. The molecule has 0 unspecified atom stereocenters. The zero-order valence-electron chi connectivity index (χ0n) is 25.9. The number of carbonyl (C=O) groups excluding carboxylic acids is 3. The number of nitrogens with one attached hydrogen (secondary N) is 2. The number of carboxylic acids is 1. The number of nitrogens with zero attached hydrogens (tertiary/aromatic N) is 2. The number of rotatable bonds is 4. The Hall–Kier alpha value is -4.61. The first kappa shape index (κ1) is 32.3.